The van der Waals surface area contributed by atoms with E-state index in [0.717, 1.165) is 30.9 Å². The Labute approximate surface area is 125 Å². The Hall–Kier alpha value is -1.20. The van der Waals surface area contributed by atoms with Crippen molar-refractivity contribution in [3.63, 3.8) is 0 Å². The molecule has 0 saturated heterocycles. The Morgan fingerprint density at radius 1 is 1.25 bits per heavy atom. The molecule has 1 heterocycles. The first kappa shape index (κ1) is 16.9. The summed E-state index contributed by atoms with van der Waals surface area (Å²) in [5.41, 5.74) is 0. The number of ketones is 1. The van der Waals surface area contributed by atoms with Crippen LogP contribution in [0.2, 0.25) is 0 Å². The molecule has 1 aromatic heterocycles. The second-order valence-electron chi connectivity index (χ2n) is 4.81. The zero-order valence-corrected chi connectivity index (χ0v) is 13.4. The summed E-state index contributed by atoms with van der Waals surface area (Å²) in [5.74, 6) is 0.352. The van der Waals surface area contributed by atoms with Crippen LogP contribution in [0, 0.1) is 0 Å². The van der Waals surface area contributed by atoms with Crippen LogP contribution in [0.4, 0.5) is 0 Å². The van der Waals surface area contributed by atoms with Crippen molar-refractivity contribution in [3.8, 4) is 0 Å². The molecule has 0 aromatic carbocycles. The van der Waals surface area contributed by atoms with Gasteiger partial charge in [-0.1, -0.05) is 6.07 Å². The second kappa shape index (κ2) is 8.87. The average molecular weight is 296 g/mol. The Kier molecular flexibility index (Phi) is 7.47. The molecule has 0 aliphatic heterocycles. The minimum Gasteiger partial charge on any atom is -0.342 e. The maximum absolute atomic E-state index is 11.9. The molecule has 0 N–H and O–H groups in total. The predicted molar refractivity (Wildman–Crippen MR) is 83.3 cm³/mol. The molecular weight excluding hydrogens is 272 g/mol. The van der Waals surface area contributed by atoms with Gasteiger partial charge in [0.15, 0.2) is 5.78 Å². The number of rotatable bonds is 9. The van der Waals surface area contributed by atoms with E-state index >= 15 is 0 Å². The molecule has 0 aliphatic rings. The van der Waals surface area contributed by atoms with Crippen LogP contribution in [-0.4, -0.2) is 54.7 Å². The fourth-order valence-electron chi connectivity index (χ4n) is 2.06. The highest BCUT2D eigenvalue weighted by Gasteiger charge is 2.13. The number of likely N-dealkylation sites (N-methyl/N-ethyl adjacent to an activating group) is 2. The summed E-state index contributed by atoms with van der Waals surface area (Å²) < 4.78 is 0. The fraction of sp³-hybridized carbons (Fsp3) is 0.600. The zero-order chi connectivity index (χ0) is 15.0. The van der Waals surface area contributed by atoms with Crippen LogP contribution < -0.4 is 0 Å². The van der Waals surface area contributed by atoms with E-state index in [2.05, 4.69) is 0 Å². The molecule has 1 amide bonds. The van der Waals surface area contributed by atoms with Gasteiger partial charge in [-0.2, -0.15) is 0 Å². The second-order valence-corrected chi connectivity index (χ2v) is 5.76. The summed E-state index contributed by atoms with van der Waals surface area (Å²) in [6.07, 6.45) is 1.34. The van der Waals surface area contributed by atoms with E-state index in [-0.39, 0.29) is 11.7 Å². The monoisotopic (exact) mass is 296 g/mol. The molecule has 0 unspecified atom stereocenters. The Morgan fingerprint density at radius 3 is 2.50 bits per heavy atom. The molecule has 1 aromatic rings. The van der Waals surface area contributed by atoms with E-state index in [1.165, 1.54) is 11.3 Å². The molecular formula is C15H24N2O2S. The summed E-state index contributed by atoms with van der Waals surface area (Å²) in [7, 11) is 1.93. The van der Waals surface area contributed by atoms with Crippen LogP contribution in [0.5, 0.6) is 0 Å². The van der Waals surface area contributed by atoms with Crippen molar-refractivity contribution < 1.29 is 9.59 Å². The standard InChI is InChI=1S/C15H24N2O2S/c1-4-17(5-2)15(19)12-16(3)10-6-8-13(18)14-9-7-11-20-14/h7,9,11H,4-6,8,10,12H2,1-3H3. The summed E-state index contributed by atoms with van der Waals surface area (Å²) in [4.78, 5) is 28.4. The highest BCUT2D eigenvalue weighted by molar-refractivity contribution is 7.12. The maximum atomic E-state index is 11.9. The lowest BCUT2D eigenvalue weighted by Crippen LogP contribution is -2.39. The summed E-state index contributed by atoms with van der Waals surface area (Å²) >= 11 is 1.49. The first-order valence-corrected chi connectivity index (χ1v) is 7.99. The number of carbonyl (C=O) groups excluding carboxylic acids is 2. The number of nitrogens with zero attached hydrogens (tertiary/aromatic N) is 2. The van der Waals surface area contributed by atoms with Gasteiger partial charge in [0.2, 0.25) is 5.91 Å². The lowest BCUT2D eigenvalue weighted by Gasteiger charge is -2.22. The van der Waals surface area contributed by atoms with Crippen LogP contribution in [0.15, 0.2) is 17.5 Å². The summed E-state index contributed by atoms with van der Waals surface area (Å²) in [6.45, 7) is 6.67. The van der Waals surface area contributed by atoms with E-state index < -0.39 is 0 Å². The molecule has 0 bridgehead atoms. The molecule has 0 spiro atoms. The van der Waals surface area contributed by atoms with Crippen LogP contribution in [0.25, 0.3) is 0 Å². The van der Waals surface area contributed by atoms with E-state index in [1.807, 2.05) is 48.2 Å². The smallest absolute Gasteiger partial charge is 0.236 e. The van der Waals surface area contributed by atoms with Gasteiger partial charge in [-0.15, -0.1) is 11.3 Å². The first-order chi connectivity index (χ1) is 9.58. The molecule has 5 heteroatoms. The molecule has 0 atom stereocenters. The highest BCUT2D eigenvalue weighted by atomic mass is 32.1. The quantitative estimate of drug-likeness (QED) is 0.657. The van der Waals surface area contributed by atoms with Crippen molar-refractivity contribution in [1.29, 1.82) is 0 Å². The fourth-order valence-corrected chi connectivity index (χ4v) is 2.75. The van der Waals surface area contributed by atoms with Gasteiger partial charge in [-0.05, 0) is 45.3 Å². The van der Waals surface area contributed by atoms with Crippen LogP contribution in [0.3, 0.4) is 0 Å². The van der Waals surface area contributed by atoms with Gasteiger partial charge in [0.05, 0.1) is 11.4 Å². The van der Waals surface area contributed by atoms with E-state index in [0.29, 0.717) is 13.0 Å². The number of amides is 1. The van der Waals surface area contributed by atoms with E-state index in [9.17, 15) is 9.59 Å². The van der Waals surface area contributed by atoms with Crippen molar-refractivity contribution in [2.75, 3.05) is 33.2 Å². The minimum absolute atomic E-state index is 0.155. The van der Waals surface area contributed by atoms with Crippen LogP contribution in [-0.2, 0) is 4.79 Å². The van der Waals surface area contributed by atoms with Gasteiger partial charge in [0.25, 0.3) is 0 Å². The number of hydrogen-bond donors (Lipinski definition) is 0. The number of Topliss-reactive ketones (excluding diaryl/α,β-unsaturated/α-hetero) is 1. The molecule has 0 radical (unpaired) electrons. The van der Waals surface area contributed by atoms with Crippen molar-refractivity contribution >= 4 is 23.0 Å². The highest BCUT2D eigenvalue weighted by Crippen LogP contribution is 2.12. The van der Waals surface area contributed by atoms with Crippen molar-refractivity contribution in [3.05, 3.63) is 22.4 Å². The third kappa shape index (κ3) is 5.43. The molecule has 112 valence electrons. The van der Waals surface area contributed by atoms with Crippen molar-refractivity contribution in [2.24, 2.45) is 0 Å². The van der Waals surface area contributed by atoms with Gasteiger partial charge in [-0.3, -0.25) is 14.5 Å². The Bertz CT molecular complexity index is 414. The largest absolute Gasteiger partial charge is 0.342 e. The number of thiophene rings is 1. The summed E-state index contributed by atoms with van der Waals surface area (Å²) in [5, 5.41) is 1.92. The van der Waals surface area contributed by atoms with Gasteiger partial charge < -0.3 is 4.90 Å². The third-order valence-corrected chi connectivity index (χ3v) is 4.17. The Balaban J connectivity index is 2.25. The first-order valence-electron chi connectivity index (χ1n) is 7.11. The molecule has 1 rings (SSSR count). The topological polar surface area (TPSA) is 40.6 Å². The molecule has 4 nitrogen and oxygen atoms in total. The van der Waals surface area contributed by atoms with Crippen molar-refractivity contribution in [2.45, 2.75) is 26.7 Å². The molecule has 0 aliphatic carbocycles. The summed E-state index contributed by atoms with van der Waals surface area (Å²) in [6, 6.07) is 3.76. The minimum atomic E-state index is 0.155. The Morgan fingerprint density at radius 2 is 1.95 bits per heavy atom. The lowest BCUT2D eigenvalue weighted by atomic mass is 10.2. The maximum Gasteiger partial charge on any atom is 0.236 e. The molecule has 0 saturated carbocycles. The third-order valence-electron chi connectivity index (χ3n) is 3.26. The number of carbonyl (C=O) groups is 2. The SMILES string of the molecule is CCN(CC)C(=O)CN(C)CCCC(=O)c1cccs1. The average Bonchev–Trinajstić information content (AvgIpc) is 2.93. The lowest BCUT2D eigenvalue weighted by molar-refractivity contribution is -0.131. The normalized spacial score (nSPS) is 10.8. The van der Waals surface area contributed by atoms with Gasteiger partial charge in [0.1, 0.15) is 0 Å². The van der Waals surface area contributed by atoms with E-state index in [1.54, 1.807) is 0 Å². The predicted octanol–water partition coefficient (Wildman–Crippen LogP) is 2.51. The molecule has 20 heavy (non-hydrogen) atoms. The van der Waals surface area contributed by atoms with Crippen LogP contribution in [0.1, 0.15) is 36.4 Å². The van der Waals surface area contributed by atoms with Gasteiger partial charge in [0, 0.05) is 19.5 Å². The van der Waals surface area contributed by atoms with Gasteiger partial charge >= 0.3 is 0 Å². The number of hydrogen-bond acceptors (Lipinski definition) is 4. The van der Waals surface area contributed by atoms with Crippen LogP contribution >= 0.6 is 11.3 Å². The molecule has 0 fully saturated rings. The van der Waals surface area contributed by atoms with Gasteiger partial charge in [-0.25, -0.2) is 0 Å². The van der Waals surface area contributed by atoms with Crippen molar-refractivity contribution in [1.82, 2.24) is 9.80 Å². The van der Waals surface area contributed by atoms with E-state index in [4.69, 9.17) is 0 Å². The zero-order valence-electron chi connectivity index (χ0n) is 12.6.